The Balaban J connectivity index is 1.85. The summed E-state index contributed by atoms with van der Waals surface area (Å²) in [5, 5.41) is 4.55. The third kappa shape index (κ3) is 4.37. The molecule has 4 rings (SSSR count). The number of aryl methyl sites for hydroxylation is 2. The standard InChI is InChI=1S/C23H28N6O5S2/c1-5-8-16-18-19(27(4)26-16)21(35)25-20(24-18)15-13-14(9-10-17(15)34-7-3)36(32,33)29-12-11-28(6-2)22(30)23(29)31/h9-10,13H,5-8,11-12H2,1-4H3,(H,24,25,35). The molecule has 3 heterocycles. The van der Waals surface area contributed by atoms with Crippen molar-refractivity contribution in [3.8, 4) is 17.1 Å². The van der Waals surface area contributed by atoms with Crippen LogP contribution in [0.25, 0.3) is 22.4 Å². The number of hydrogen-bond donors (Lipinski definition) is 1. The lowest BCUT2D eigenvalue weighted by atomic mass is 10.1. The van der Waals surface area contributed by atoms with Crippen LogP contribution in [0.15, 0.2) is 23.1 Å². The van der Waals surface area contributed by atoms with E-state index in [1.54, 1.807) is 18.7 Å². The van der Waals surface area contributed by atoms with Gasteiger partial charge in [-0.25, -0.2) is 17.7 Å². The van der Waals surface area contributed by atoms with Gasteiger partial charge in [-0.1, -0.05) is 25.6 Å². The molecule has 0 radical (unpaired) electrons. The van der Waals surface area contributed by atoms with E-state index >= 15 is 0 Å². The Bertz CT molecular complexity index is 1510. The van der Waals surface area contributed by atoms with E-state index in [2.05, 4.69) is 15.1 Å². The van der Waals surface area contributed by atoms with Gasteiger partial charge in [0.1, 0.15) is 17.1 Å². The number of rotatable bonds is 8. The third-order valence-electron chi connectivity index (χ3n) is 6.01. The van der Waals surface area contributed by atoms with Crippen molar-refractivity contribution in [2.24, 2.45) is 7.05 Å². The van der Waals surface area contributed by atoms with E-state index in [9.17, 15) is 18.0 Å². The topological polar surface area (TPSA) is 130 Å². The van der Waals surface area contributed by atoms with Crippen molar-refractivity contribution in [2.45, 2.75) is 38.5 Å². The van der Waals surface area contributed by atoms with Crippen molar-refractivity contribution in [3.05, 3.63) is 28.5 Å². The highest BCUT2D eigenvalue weighted by Gasteiger charge is 2.39. The summed E-state index contributed by atoms with van der Waals surface area (Å²) in [7, 11) is -2.51. The normalized spacial score (nSPS) is 14.7. The monoisotopic (exact) mass is 532 g/mol. The summed E-state index contributed by atoms with van der Waals surface area (Å²) in [6.45, 7) is 6.27. The fourth-order valence-corrected chi connectivity index (χ4v) is 5.95. The number of carbonyl (C=O) groups excluding carboxylic acids is 2. The number of piperazine rings is 1. The molecule has 1 aliphatic heterocycles. The van der Waals surface area contributed by atoms with E-state index in [4.69, 9.17) is 17.0 Å². The zero-order chi connectivity index (χ0) is 26.2. The van der Waals surface area contributed by atoms with E-state index in [0.717, 1.165) is 24.1 Å². The maximum atomic E-state index is 13.4. The second-order valence-corrected chi connectivity index (χ2v) is 10.5. The smallest absolute Gasteiger partial charge is 0.325 e. The number of ether oxygens (including phenoxy) is 1. The van der Waals surface area contributed by atoms with Crippen LogP contribution in [-0.4, -0.2) is 75.4 Å². The molecule has 0 spiro atoms. The lowest BCUT2D eigenvalue weighted by Crippen LogP contribution is -2.55. The fraction of sp³-hybridized carbons (Fsp3) is 0.435. The molecule has 13 heteroatoms. The minimum atomic E-state index is -4.31. The van der Waals surface area contributed by atoms with Crippen LogP contribution in [0, 0.1) is 4.64 Å². The Kier molecular flexibility index (Phi) is 7.14. The van der Waals surface area contributed by atoms with E-state index in [-0.39, 0.29) is 18.0 Å². The van der Waals surface area contributed by atoms with Gasteiger partial charge in [0.05, 0.1) is 34.8 Å². The van der Waals surface area contributed by atoms with Crippen LogP contribution < -0.4 is 4.74 Å². The summed E-state index contributed by atoms with van der Waals surface area (Å²) in [5.41, 5.74) is 2.59. The quantitative estimate of drug-likeness (QED) is 0.346. The Hall–Kier alpha value is -3.32. The molecule has 1 aromatic carbocycles. The number of hydrogen-bond acceptors (Lipinski definition) is 8. The molecule has 1 fully saturated rings. The summed E-state index contributed by atoms with van der Waals surface area (Å²) in [6.07, 6.45) is 1.60. The Morgan fingerprint density at radius 2 is 1.89 bits per heavy atom. The van der Waals surface area contributed by atoms with Gasteiger partial charge in [-0.2, -0.15) is 5.10 Å². The van der Waals surface area contributed by atoms with Gasteiger partial charge in [0, 0.05) is 20.1 Å². The highest BCUT2D eigenvalue weighted by molar-refractivity contribution is 7.89. The van der Waals surface area contributed by atoms with Gasteiger partial charge < -0.3 is 14.6 Å². The predicted octanol–water partition coefficient (Wildman–Crippen LogP) is 2.42. The molecular formula is C23H28N6O5S2. The summed E-state index contributed by atoms with van der Waals surface area (Å²) >= 11 is 5.55. The fourth-order valence-electron chi connectivity index (χ4n) is 4.25. The number of aromatic amines is 1. The number of nitrogens with one attached hydrogen (secondary N) is 1. The molecule has 0 atom stereocenters. The van der Waals surface area contributed by atoms with Gasteiger partial charge >= 0.3 is 11.8 Å². The van der Waals surface area contributed by atoms with Crippen molar-refractivity contribution >= 4 is 45.1 Å². The first-order valence-electron chi connectivity index (χ1n) is 11.7. The molecule has 1 aliphatic rings. The zero-order valence-electron chi connectivity index (χ0n) is 20.6. The summed E-state index contributed by atoms with van der Waals surface area (Å²) < 4.78 is 35.3. The third-order valence-corrected chi connectivity index (χ3v) is 8.07. The highest BCUT2D eigenvalue weighted by Crippen LogP contribution is 2.33. The lowest BCUT2D eigenvalue weighted by molar-refractivity contribution is -0.152. The van der Waals surface area contributed by atoms with E-state index in [1.165, 1.54) is 23.1 Å². The van der Waals surface area contributed by atoms with Crippen molar-refractivity contribution in [2.75, 3.05) is 26.2 Å². The summed E-state index contributed by atoms with van der Waals surface area (Å²) in [6, 6.07) is 4.26. The molecule has 1 N–H and O–H groups in total. The minimum absolute atomic E-state index is 0.119. The van der Waals surface area contributed by atoms with Crippen LogP contribution in [-0.2, 0) is 33.1 Å². The number of H-pyrrole nitrogens is 1. The number of aromatic nitrogens is 4. The molecule has 36 heavy (non-hydrogen) atoms. The number of benzene rings is 1. The van der Waals surface area contributed by atoms with Gasteiger partial charge in [0.2, 0.25) is 0 Å². The maximum Gasteiger partial charge on any atom is 0.325 e. The molecular weight excluding hydrogens is 504 g/mol. The van der Waals surface area contributed by atoms with Crippen LogP contribution in [0.4, 0.5) is 0 Å². The second kappa shape index (κ2) is 9.97. The molecule has 0 aliphatic carbocycles. The molecule has 11 nitrogen and oxygen atoms in total. The van der Waals surface area contributed by atoms with E-state index < -0.39 is 21.8 Å². The molecule has 3 aromatic rings. The second-order valence-electron chi connectivity index (χ2n) is 8.29. The van der Waals surface area contributed by atoms with Crippen LogP contribution in [0.3, 0.4) is 0 Å². The van der Waals surface area contributed by atoms with Gasteiger partial charge in [-0.05, 0) is 38.5 Å². The number of nitrogens with zero attached hydrogens (tertiary/aromatic N) is 5. The number of fused-ring (bicyclic) bond motifs is 1. The number of likely N-dealkylation sites (N-methyl/N-ethyl adjacent to an activating group) is 1. The average molecular weight is 533 g/mol. The Morgan fingerprint density at radius 1 is 1.14 bits per heavy atom. The Morgan fingerprint density at radius 3 is 2.56 bits per heavy atom. The SMILES string of the molecule is CCCc1nn(C)c2c(=S)nc(-c3cc(S(=O)(=O)N4CCN(CC)C(=O)C4=O)ccc3OCC)[nH]c12. The minimum Gasteiger partial charge on any atom is -0.493 e. The van der Waals surface area contributed by atoms with Crippen molar-refractivity contribution in [3.63, 3.8) is 0 Å². The first kappa shape index (κ1) is 25.8. The first-order valence-corrected chi connectivity index (χ1v) is 13.6. The molecule has 0 bridgehead atoms. The molecule has 2 amide bonds. The van der Waals surface area contributed by atoms with Gasteiger partial charge in [0.25, 0.3) is 10.0 Å². The van der Waals surface area contributed by atoms with Crippen LogP contribution in [0.5, 0.6) is 5.75 Å². The van der Waals surface area contributed by atoms with E-state index in [0.29, 0.717) is 44.8 Å². The first-order chi connectivity index (χ1) is 17.1. The average Bonchev–Trinajstić information content (AvgIpc) is 3.16. The number of amides is 2. The molecule has 1 saturated heterocycles. The predicted molar refractivity (Wildman–Crippen MR) is 135 cm³/mol. The number of carbonyl (C=O) groups is 2. The largest absolute Gasteiger partial charge is 0.493 e. The lowest BCUT2D eigenvalue weighted by Gasteiger charge is -2.32. The molecule has 2 aromatic heterocycles. The van der Waals surface area contributed by atoms with Crippen LogP contribution in [0.2, 0.25) is 0 Å². The van der Waals surface area contributed by atoms with Crippen molar-refractivity contribution in [1.29, 1.82) is 0 Å². The van der Waals surface area contributed by atoms with Crippen molar-refractivity contribution < 1.29 is 22.7 Å². The Labute approximate surface area is 214 Å². The zero-order valence-corrected chi connectivity index (χ0v) is 22.2. The highest BCUT2D eigenvalue weighted by atomic mass is 32.2. The van der Waals surface area contributed by atoms with E-state index in [1.807, 2.05) is 13.8 Å². The summed E-state index contributed by atoms with van der Waals surface area (Å²) in [5.74, 6) is -1.20. The van der Waals surface area contributed by atoms with Crippen LogP contribution >= 0.6 is 12.2 Å². The van der Waals surface area contributed by atoms with Crippen molar-refractivity contribution in [1.82, 2.24) is 29.0 Å². The van der Waals surface area contributed by atoms with Gasteiger partial charge in [0.15, 0.2) is 4.64 Å². The number of sulfonamides is 1. The van der Waals surface area contributed by atoms with Gasteiger partial charge in [-0.3, -0.25) is 14.3 Å². The maximum absolute atomic E-state index is 13.4. The van der Waals surface area contributed by atoms with Crippen LogP contribution in [0.1, 0.15) is 32.9 Å². The molecule has 0 unspecified atom stereocenters. The molecule has 0 saturated carbocycles. The van der Waals surface area contributed by atoms with Gasteiger partial charge in [-0.15, -0.1) is 0 Å². The molecule has 192 valence electrons. The summed E-state index contributed by atoms with van der Waals surface area (Å²) in [4.78, 5) is 33.9.